The molecule has 1 amide bonds. The normalized spacial score (nSPS) is 18.5. The highest BCUT2D eigenvalue weighted by Crippen LogP contribution is 2.38. The molecule has 7 heteroatoms. The van der Waals surface area contributed by atoms with E-state index in [0.29, 0.717) is 17.1 Å². The first-order valence-corrected chi connectivity index (χ1v) is 11.2. The second-order valence-electron chi connectivity index (χ2n) is 8.57. The predicted octanol–water partition coefficient (Wildman–Crippen LogP) is 3.25. The molecule has 2 aromatic rings. The number of hydrogen-bond donors (Lipinski definition) is 3. The highest BCUT2D eigenvalue weighted by molar-refractivity contribution is 5.89. The van der Waals surface area contributed by atoms with Crippen molar-refractivity contribution < 1.29 is 29.3 Å². The Morgan fingerprint density at radius 1 is 1.00 bits per heavy atom. The summed E-state index contributed by atoms with van der Waals surface area (Å²) < 4.78 is 10.8. The Morgan fingerprint density at radius 3 is 2.44 bits per heavy atom. The van der Waals surface area contributed by atoms with Crippen LogP contribution in [-0.2, 0) is 16.0 Å². The molecule has 7 nitrogen and oxygen atoms in total. The van der Waals surface area contributed by atoms with Crippen LogP contribution < -0.4 is 14.8 Å². The fraction of sp³-hybridized carbons (Fsp3) is 0.440. The molecule has 0 aromatic heterocycles. The minimum Gasteiger partial charge on any atom is -0.480 e. The van der Waals surface area contributed by atoms with Gasteiger partial charge in [0.25, 0.3) is 0 Å². The standard InChI is InChI=1S/C25H29NO6/c27-23(17-9-5-2-6-10-17)22(18-11-12-20-21(14-18)32-15-31-20)24(28)26-19(25(29)30)13-16-7-3-1-4-8-16/h1,3-4,7-8,11-12,14,17,19,22-23,27H,2,5-6,9-10,13,15H2,(H,26,28)(H,29,30)/t19-,22?,23?/m0/s1. The quantitative estimate of drug-likeness (QED) is 0.583. The van der Waals surface area contributed by atoms with E-state index < -0.39 is 29.9 Å². The van der Waals surface area contributed by atoms with Gasteiger partial charge in [-0.25, -0.2) is 4.79 Å². The van der Waals surface area contributed by atoms with Gasteiger partial charge < -0.3 is 25.0 Å². The molecule has 1 fully saturated rings. The predicted molar refractivity (Wildman–Crippen MR) is 118 cm³/mol. The van der Waals surface area contributed by atoms with Gasteiger partial charge in [-0.1, -0.05) is 55.7 Å². The summed E-state index contributed by atoms with van der Waals surface area (Å²) in [5.74, 6) is -1.40. The molecule has 4 rings (SSSR count). The molecule has 2 aromatic carbocycles. The largest absolute Gasteiger partial charge is 0.480 e. The number of hydrogen-bond acceptors (Lipinski definition) is 5. The van der Waals surface area contributed by atoms with Gasteiger partial charge in [-0.3, -0.25) is 4.79 Å². The summed E-state index contributed by atoms with van der Waals surface area (Å²) in [6.45, 7) is 0.110. The Hall–Kier alpha value is -3.06. The van der Waals surface area contributed by atoms with E-state index in [9.17, 15) is 19.8 Å². The van der Waals surface area contributed by atoms with E-state index >= 15 is 0 Å². The van der Waals surface area contributed by atoms with Gasteiger partial charge in [0, 0.05) is 6.42 Å². The Bertz CT molecular complexity index is 941. The van der Waals surface area contributed by atoms with Crippen LogP contribution in [0.4, 0.5) is 0 Å². The summed E-state index contributed by atoms with van der Waals surface area (Å²) in [5, 5.41) is 23.7. The minimum atomic E-state index is -1.11. The summed E-state index contributed by atoms with van der Waals surface area (Å²) >= 11 is 0. The molecule has 170 valence electrons. The van der Waals surface area contributed by atoms with E-state index in [1.54, 1.807) is 18.2 Å². The summed E-state index contributed by atoms with van der Waals surface area (Å²) in [6, 6.07) is 13.3. The Balaban J connectivity index is 1.59. The van der Waals surface area contributed by atoms with Crippen LogP contribution in [0.3, 0.4) is 0 Å². The zero-order chi connectivity index (χ0) is 22.5. The van der Waals surface area contributed by atoms with Crippen molar-refractivity contribution in [2.45, 2.75) is 56.6 Å². The summed E-state index contributed by atoms with van der Waals surface area (Å²) in [7, 11) is 0. The number of aliphatic carboxylic acids is 1. The molecule has 0 spiro atoms. The van der Waals surface area contributed by atoms with E-state index in [1.807, 2.05) is 30.3 Å². The molecule has 0 radical (unpaired) electrons. The first kappa shape index (κ1) is 22.1. The summed E-state index contributed by atoms with van der Waals surface area (Å²) in [5.41, 5.74) is 1.40. The lowest BCUT2D eigenvalue weighted by atomic mass is 9.77. The van der Waals surface area contributed by atoms with Crippen molar-refractivity contribution in [3.63, 3.8) is 0 Å². The molecule has 32 heavy (non-hydrogen) atoms. The topological polar surface area (TPSA) is 105 Å². The zero-order valence-corrected chi connectivity index (χ0v) is 17.9. The van der Waals surface area contributed by atoms with Gasteiger partial charge in [-0.05, 0) is 42.0 Å². The number of nitrogens with one attached hydrogen (secondary N) is 1. The third-order valence-corrected chi connectivity index (χ3v) is 6.41. The summed E-state index contributed by atoms with van der Waals surface area (Å²) in [6.07, 6.45) is 4.11. The van der Waals surface area contributed by atoms with Crippen LogP contribution in [-0.4, -0.2) is 41.0 Å². The minimum absolute atomic E-state index is 0.0117. The van der Waals surface area contributed by atoms with E-state index in [0.717, 1.165) is 37.7 Å². The SMILES string of the molecule is O=C(N[C@@H](Cc1ccccc1)C(=O)O)C(c1ccc2c(c1)OCO2)C(O)C1CCCCC1. The number of aliphatic hydroxyl groups is 1. The van der Waals surface area contributed by atoms with Gasteiger partial charge in [0.05, 0.1) is 12.0 Å². The van der Waals surface area contributed by atoms with Gasteiger partial charge in [-0.15, -0.1) is 0 Å². The highest BCUT2D eigenvalue weighted by Gasteiger charge is 2.37. The zero-order valence-electron chi connectivity index (χ0n) is 17.9. The number of carboxylic acid groups (broad SMARTS) is 1. The molecular formula is C25H29NO6. The first-order chi connectivity index (χ1) is 15.5. The molecule has 1 heterocycles. The Morgan fingerprint density at radius 2 is 1.72 bits per heavy atom. The van der Waals surface area contributed by atoms with Gasteiger partial charge in [-0.2, -0.15) is 0 Å². The number of ether oxygens (including phenoxy) is 2. The number of carbonyl (C=O) groups excluding carboxylic acids is 1. The van der Waals surface area contributed by atoms with Crippen LogP contribution in [0.25, 0.3) is 0 Å². The molecule has 2 aliphatic rings. The maximum absolute atomic E-state index is 13.4. The van der Waals surface area contributed by atoms with Gasteiger partial charge >= 0.3 is 5.97 Å². The average molecular weight is 440 g/mol. The maximum atomic E-state index is 13.4. The number of carbonyl (C=O) groups is 2. The van der Waals surface area contributed by atoms with Gasteiger partial charge in [0.1, 0.15) is 6.04 Å². The van der Waals surface area contributed by atoms with Crippen molar-refractivity contribution in [1.29, 1.82) is 0 Å². The average Bonchev–Trinajstić information content (AvgIpc) is 3.28. The van der Waals surface area contributed by atoms with Crippen LogP contribution >= 0.6 is 0 Å². The molecule has 1 saturated carbocycles. The van der Waals surface area contributed by atoms with Crippen LogP contribution in [0.15, 0.2) is 48.5 Å². The van der Waals surface area contributed by atoms with Crippen LogP contribution in [0, 0.1) is 5.92 Å². The van der Waals surface area contributed by atoms with Crippen LogP contribution in [0.1, 0.15) is 49.1 Å². The summed E-state index contributed by atoms with van der Waals surface area (Å²) in [4.78, 5) is 25.3. The van der Waals surface area contributed by atoms with Crippen LogP contribution in [0.5, 0.6) is 11.5 Å². The lowest BCUT2D eigenvalue weighted by Gasteiger charge is -2.32. The van der Waals surface area contributed by atoms with Crippen molar-refractivity contribution in [1.82, 2.24) is 5.32 Å². The lowest BCUT2D eigenvalue weighted by Crippen LogP contribution is -2.47. The lowest BCUT2D eigenvalue weighted by molar-refractivity contribution is -0.142. The smallest absolute Gasteiger partial charge is 0.326 e. The molecule has 3 N–H and O–H groups in total. The van der Waals surface area contributed by atoms with Crippen molar-refractivity contribution in [3.8, 4) is 11.5 Å². The first-order valence-electron chi connectivity index (χ1n) is 11.2. The maximum Gasteiger partial charge on any atom is 0.326 e. The third-order valence-electron chi connectivity index (χ3n) is 6.41. The van der Waals surface area contributed by atoms with Crippen molar-refractivity contribution in [2.75, 3.05) is 6.79 Å². The molecule has 0 saturated heterocycles. The van der Waals surface area contributed by atoms with Gasteiger partial charge in [0.2, 0.25) is 12.7 Å². The van der Waals surface area contributed by atoms with Gasteiger partial charge in [0.15, 0.2) is 11.5 Å². The molecule has 0 bridgehead atoms. The number of carboxylic acids is 1. The number of amides is 1. The van der Waals surface area contributed by atoms with E-state index in [-0.39, 0.29) is 19.1 Å². The molecule has 3 atom stereocenters. The molecule has 1 aliphatic carbocycles. The van der Waals surface area contributed by atoms with E-state index in [4.69, 9.17) is 9.47 Å². The fourth-order valence-corrected chi connectivity index (χ4v) is 4.67. The Kier molecular flexibility index (Phi) is 6.95. The molecule has 2 unspecified atom stereocenters. The van der Waals surface area contributed by atoms with Crippen molar-refractivity contribution >= 4 is 11.9 Å². The molecular weight excluding hydrogens is 410 g/mol. The number of aliphatic hydroxyl groups excluding tert-OH is 1. The Labute approximate surface area is 187 Å². The fourth-order valence-electron chi connectivity index (χ4n) is 4.67. The second kappa shape index (κ2) is 10.0. The van der Waals surface area contributed by atoms with Crippen molar-refractivity contribution in [3.05, 3.63) is 59.7 Å². The van der Waals surface area contributed by atoms with E-state index in [2.05, 4.69) is 5.32 Å². The molecule has 1 aliphatic heterocycles. The number of benzene rings is 2. The number of fused-ring (bicyclic) bond motifs is 1. The second-order valence-corrected chi connectivity index (χ2v) is 8.57. The van der Waals surface area contributed by atoms with Crippen LogP contribution in [0.2, 0.25) is 0 Å². The van der Waals surface area contributed by atoms with E-state index in [1.165, 1.54) is 0 Å². The highest BCUT2D eigenvalue weighted by atomic mass is 16.7. The van der Waals surface area contributed by atoms with Crippen molar-refractivity contribution in [2.24, 2.45) is 5.92 Å². The third kappa shape index (κ3) is 5.05. The monoisotopic (exact) mass is 439 g/mol. The number of rotatable bonds is 8.